The topological polar surface area (TPSA) is 44.9 Å². The second-order valence-electron chi connectivity index (χ2n) is 6.35. The molecule has 1 heterocycles. The Morgan fingerprint density at radius 2 is 2.11 bits per heavy atom. The maximum absolute atomic E-state index is 12.0. The quantitative estimate of drug-likeness (QED) is 0.863. The number of H-pyrrole nitrogens is 1. The van der Waals surface area contributed by atoms with Crippen LogP contribution < -0.4 is 10.9 Å². The van der Waals surface area contributed by atoms with Gasteiger partial charge in [-0.05, 0) is 42.2 Å². The first-order valence-electron chi connectivity index (χ1n) is 6.92. The molecule has 0 saturated heterocycles. The van der Waals surface area contributed by atoms with E-state index in [1.807, 2.05) is 30.3 Å². The lowest BCUT2D eigenvalue weighted by Gasteiger charge is -2.18. The van der Waals surface area contributed by atoms with E-state index in [4.69, 9.17) is 0 Å². The highest BCUT2D eigenvalue weighted by molar-refractivity contribution is 5.83. The molecule has 3 heteroatoms. The molecule has 0 radical (unpaired) electrons. The smallest absolute Gasteiger partial charge is 0.257 e. The number of hydrogen-bond acceptors (Lipinski definition) is 2. The predicted molar refractivity (Wildman–Crippen MR) is 79.6 cm³/mol. The highest BCUT2D eigenvalue weighted by atomic mass is 16.1. The van der Waals surface area contributed by atoms with Crippen LogP contribution in [-0.2, 0) is 0 Å². The summed E-state index contributed by atoms with van der Waals surface area (Å²) in [5.74, 6) is 0.839. The van der Waals surface area contributed by atoms with Gasteiger partial charge in [-0.3, -0.25) is 4.79 Å². The van der Waals surface area contributed by atoms with E-state index in [1.54, 1.807) is 0 Å². The van der Waals surface area contributed by atoms with E-state index >= 15 is 0 Å². The van der Waals surface area contributed by atoms with Crippen molar-refractivity contribution < 1.29 is 0 Å². The molecule has 1 unspecified atom stereocenters. The Morgan fingerprint density at radius 3 is 2.84 bits per heavy atom. The van der Waals surface area contributed by atoms with Crippen molar-refractivity contribution in [3.05, 3.63) is 40.7 Å². The Labute approximate surface area is 113 Å². The molecular weight excluding hydrogens is 236 g/mol. The molecule has 1 aromatic carbocycles. The van der Waals surface area contributed by atoms with E-state index in [0.717, 1.165) is 23.0 Å². The minimum Gasteiger partial charge on any atom is -0.369 e. The molecule has 100 valence electrons. The van der Waals surface area contributed by atoms with E-state index in [1.165, 1.54) is 12.8 Å². The van der Waals surface area contributed by atoms with Gasteiger partial charge in [0.05, 0.1) is 0 Å². The fourth-order valence-electron chi connectivity index (χ4n) is 3.07. The maximum Gasteiger partial charge on any atom is 0.257 e. The number of aromatic nitrogens is 1. The highest BCUT2D eigenvalue weighted by Crippen LogP contribution is 2.38. The number of aromatic amines is 1. The van der Waals surface area contributed by atoms with E-state index in [-0.39, 0.29) is 5.56 Å². The van der Waals surface area contributed by atoms with Crippen molar-refractivity contribution in [2.75, 3.05) is 5.32 Å². The van der Waals surface area contributed by atoms with Gasteiger partial charge in [0.15, 0.2) is 0 Å². The summed E-state index contributed by atoms with van der Waals surface area (Å²) in [4.78, 5) is 14.9. The lowest BCUT2D eigenvalue weighted by Crippen LogP contribution is -2.20. The molecule has 3 nitrogen and oxygen atoms in total. The number of rotatable bonds is 2. The van der Waals surface area contributed by atoms with Gasteiger partial charge < -0.3 is 10.3 Å². The molecule has 2 aromatic rings. The predicted octanol–water partition coefficient (Wildman–Crippen LogP) is 3.52. The molecule has 3 rings (SSSR count). The van der Waals surface area contributed by atoms with Crippen LogP contribution in [0.4, 0.5) is 5.82 Å². The number of pyridine rings is 1. The van der Waals surface area contributed by atoms with Gasteiger partial charge in [-0.15, -0.1) is 0 Å². The Hall–Kier alpha value is -1.77. The number of benzene rings is 1. The summed E-state index contributed by atoms with van der Waals surface area (Å²) in [6.45, 7) is 4.61. The van der Waals surface area contributed by atoms with Crippen LogP contribution >= 0.6 is 0 Å². The molecule has 0 amide bonds. The first kappa shape index (κ1) is 12.3. The van der Waals surface area contributed by atoms with Crippen molar-refractivity contribution in [1.29, 1.82) is 0 Å². The number of hydrogen-bond donors (Lipinski definition) is 2. The largest absolute Gasteiger partial charge is 0.369 e. The summed E-state index contributed by atoms with van der Waals surface area (Å²) in [7, 11) is 0. The molecule has 0 bridgehead atoms. The fraction of sp³-hybridized carbons (Fsp3) is 0.438. The van der Waals surface area contributed by atoms with Crippen molar-refractivity contribution in [2.24, 2.45) is 5.41 Å². The summed E-state index contributed by atoms with van der Waals surface area (Å²) < 4.78 is 0. The summed E-state index contributed by atoms with van der Waals surface area (Å²) in [6, 6.07) is 10.2. The van der Waals surface area contributed by atoms with Crippen molar-refractivity contribution in [2.45, 2.75) is 39.2 Å². The Morgan fingerprint density at radius 1 is 1.32 bits per heavy atom. The van der Waals surface area contributed by atoms with Crippen LogP contribution in [0, 0.1) is 5.41 Å². The second kappa shape index (κ2) is 4.41. The lowest BCUT2D eigenvalue weighted by atomic mass is 9.92. The van der Waals surface area contributed by atoms with Crippen molar-refractivity contribution in [3.63, 3.8) is 0 Å². The van der Waals surface area contributed by atoms with Crippen LogP contribution in [0.2, 0.25) is 0 Å². The molecule has 1 aromatic heterocycles. The zero-order chi connectivity index (χ0) is 13.5. The Bertz CT molecular complexity index is 657. The third kappa shape index (κ3) is 2.50. The van der Waals surface area contributed by atoms with Gasteiger partial charge in [-0.1, -0.05) is 32.0 Å². The average molecular weight is 256 g/mol. The number of anilines is 1. The average Bonchev–Trinajstić information content (AvgIpc) is 2.69. The van der Waals surface area contributed by atoms with Gasteiger partial charge >= 0.3 is 0 Å². The monoisotopic (exact) mass is 256 g/mol. The van der Waals surface area contributed by atoms with Crippen LogP contribution in [-0.4, -0.2) is 11.0 Å². The SMILES string of the molecule is CC1(C)CCC(Nc2cc3ccccc3c(=O)[nH]2)C1. The summed E-state index contributed by atoms with van der Waals surface area (Å²) in [6.07, 6.45) is 3.56. The molecule has 19 heavy (non-hydrogen) atoms. The van der Waals surface area contributed by atoms with E-state index in [2.05, 4.69) is 24.1 Å². The van der Waals surface area contributed by atoms with Gasteiger partial charge in [-0.25, -0.2) is 0 Å². The van der Waals surface area contributed by atoms with Crippen molar-refractivity contribution in [3.8, 4) is 0 Å². The number of nitrogens with one attached hydrogen (secondary N) is 2. The van der Waals surface area contributed by atoms with Crippen LogP contribution in [0.3, 0.4) is 0 Å². The van der Waals surface area contributed by atoms with Crippen LogP contribution in [0.5, 0.6) is 0 Å². The molecule has 0 spiro atoms. The Balaban J connectivity index is 1.88. The van der Waals surface area contributed by atoms with Crippen molar-refractivity contribution in [1.82, 2.24) is 4.98 Å². The molecule has 2 N–H and O–H groups in total. The normalized spacial score (nSPS) is 21.7. The van der Waals surface area contributed by atoms with Gasteiger partial charge in [0.25, 0.3) is 5.56 Å². The summed E-state index contributed by atoms with van der Waals surface area (Å²) in [5.41, 5.74) is 0.396. The van der Waals surface area contributed by atoms with Gasteiger partial charge in [-0.2, -0.15) is 0 Å². The molecule has 0 aliphatic heterocycles. The van der Waals surface area contributed by atoms with Crippen LogP contribution in [0.15, 0.2) is 35.1 Å². The molecule has 1 aliphatic rings. The third-order valence-electron chi connectivity index (χ3n) is 4.08. The molecule has 1 fully saturated rings. The van der Waals surface area contributed by atoms with E-state index in [9.17, 15) is 4.79 Å². The van der Waals surface area contributed by atoms with Gasteiger partial charge in [0.2, 0.25) is 0 Å². The third-order valence-corrected chi connectivity index (χ3v) is 4.08. The second-order valence-corrected chi connectivity index (χ2v) is 6.35. The first-order chi connectivity index (χ1) is 9.03. The van der Waals surface area contributed by atoms with Crippen LogP contribution in [0.1, 0.15) is 33.1 Å². The zero-order valence-electron chi connectivity index (χ0n) is 11.5. The summed E-state index contributed by atoms with van der Waals surface area (Å²) in [5, 5.41) is 5.22. The minimum atomic E-state index is -0.0159. The minimum absolute atomic E-state index is 0.0159. The van der Waals surface area contributed by atoms with E-state index in [0.29, 0.717) is 11.5 Å². The maximum atomic E-state index is 12.0. The van der Waals surface area contributed by atoms with Crippen molar-refractivity contribution >= 4 is 16.6 Å². The Kier molecular flexibility index (Phi) is 2.85. The molecule has 1 saturated carbocycles. The highest BCUT2D eigenvalue weighted by Gasteiger charge is 2.30. The first-order valence-corrected chi connectivity index (χ1v) is 6.92. The van der Waals surface area contributed by atoms with E-state index < -0.39 is 0 Å². The molecule has 1 aliphatic carbocycles. The van der Waals surface area contributed by atoms with Gasteiger partial charge in [0, 0.05) is 11.4 Å². The number of fused-ring (bicyclic) bond motifs is 1. The standard InChI is InChI=1S/C16H20N2O/c1-16(2)8-7-12(10-16)17-14-9-11-5-3-4-6-13(11)15(19)18-14/h3-6,9,12H,7-8,10H2,1-2H3,(H2,17,18,19). The van der Waals surface area contributed by atoms with Crippen LogP contribution in [0.25, 0.3) is 10.8 Å². The molecule has 1 atom stereocenters. The molecular formula is C16H20N2O. The fourth-order valence-corrected chi connectivity index (χ4v) is 3.07. The zero-order valence-corrected chi connectivity index (χ0v) is 11.5. The summed E-state index contributed by atoms with van der Waals surface area (Å²) >= 11 is 0. The lowest BCUT2D eigenvalue weighted by molar-refractivity contribution is 0.378. The van der Waals surface area contributed by atoms with Gasteiger partial charge in [0.1, 0.15) is 5.82 Å².